The van der Waals surface area contributed by atoms with Crippen LogP contribution in [0.15, 0.2) is 12.1 Å². The Hall–Kier alpha value is -1.39. The first-order valence-electron chi connectivity index (χ1n) is 5.33. The van der Waals surface area contributed by atoms with Crippen molar-refractivity contribution in [1.29, 1.82) is 0 Å². The highest BCUT2D eigenvalue weighted by atomic mass is 35.5. The molecule has 1 rings (SSSR count). The van der Waals surface area contributed by atoms with Crippen LogP contribution in [-0.2, 0) is 6.18 Å². The number of benzene rings is 1. The molecule has 0 aliphatic heterocycles. The number of nitrogens with one attached hydrogen (secondary N) is 3. The maximum atomic E-state index is 12.5. The van der Waals surface area contributed by atoms with Crippen molar-refractivity contribution in [3.63, 3.8) is 0 Å². The Balaban J connectivity index is 2.76. The molecule has 0 spiro atoms. The number of halogens is 8. The van der Waals surface area contributed by atoms with Gasteiger partial charge < -0.3 is 5.32 Å². The first kappa shape index (κ1) is 18.7. The lowest BCUT2D eigenvalue weighted by atomic mass is 10.2. The molecule has 0 fully saturated rings. The van der Waals surface area contributed by atoms with E-state index in [4.69, 9.17) is 23.2 Å². The molecule has 124 valence electrons. The summed E-state index contributed by atoms with van der Waals surface area (Å²) in [5, 5.41) is 0.887. The van der Waals surface area contributed by atoms with Gasteiger partial charge in [-0.2, -0.15) is 26.3 Å². The minimum atomic E-state index is -4.69. The number of urea groups is 1. The van der Waals surface area contributed by atoms with Crippen LogP contribution in [0.2, 0.25) is 10.0 Å². The smallest absolute Gasteiger partial charge is 0.304 e. The predicted octanol–water partition coefficient (Wildman–Crippen LogP) is 4.20. The number of alkyl halides is 6. The number of carbonyl (C=O) groups is 1. The van der Waals surface area contributed by atoms with Crippen LogP contribution in [0, 0.1) is 0 Å². The Morgan fingerprint density at radius 2 is 1.55 bits per heavy atom. The highest BCUT2D eigenvalue weighted by Crippen LogP contribution is 2.38. The van der Waals surface area contributed by atoms with E-state index in [0.29, 0.717) is 12.1 Å². The second-order valence-corrected chi connectivity index (χ2v) is 4.67. The van der Waals surface area contributed by atoms with Crippen molar-refractivity contribution in [3.05, 3.63) is 27.7 Å². The van der Waals surface area contributed by atoms with Gasteiger partial charge in [0.05, 0.1) is 21.3 Å². The Labute approximate surface area is 129 Å². The van der Waals surface area contributed by atoms with Gasteiger partial charge in [0.25, 0.3) is 0 Å². The molecule has 0 saturated heterocycles. The van der Waals surface area contributed by atoms with Crippen LogP contribution in [0.25, 0.3) is 0 Å². The molecule has 0 aliphatic rings. The number of hydrogen-bond donors (Lipinski definition) is 3. The van der Waals surface area contributed by atoms with Gasteiger partial charge in [-0.25, -0.2) is 10.2 Å². The lowest BCUT2D eigenvalue weighted by Crippen LogP contribution is -2.44. The molecule has 12 heteroatoms. The normalized spacial score (nSPS) is 12.2. The van der Waals surface area contributed by atoms with Gasteiger partial charge in [-0.15, -0.1) is 0 Å². The summed E-state index contributed by atoms with van der Waals surface area (Å²) < 4.78 is 73.0. The van der Waals surface area contributed by atoms with Crippen molar-refractivity contribution in [2.45, 2.75) is 12.4 Å². The zero-order valence-electron chi connectivity index (χ0n) is 10.3. The van der Waals surface area contributed by atoms with Crippen molar-refractivity contribution in [2.24, 2.45) is 0 Å². The average Bonchev–Trinajstić information content (AvgIpc) is 2.30. The lowest BCUT2D eigenvalue weighted by Gasteiger charge is -2.14. The van der Waals surface area contributed by atoms with Crippen LogP contribution < -0.4 is 16.2 Å². The quantitative estimate of drug-likeness (QED) is 0.552. The third-order valence-corrected chi connectivity index (χ3v) is 2.69. The lowest BCUT2D eigenvalue weighted by molar-refractivity contribution is -0.137. The molecule has 4 nitrogen and oxygen atoms in total. The molecule has 0 saturated carbocycles. The number of carbonyl (C=O) groups excluding carboxylic acids is 1. The molecule has 0 bridgehead atoms. The summed E-state index contributed by atoms with van der Waals surface area (Å²) in [6, 6.07) is -0.147. The van der Waals surface area contributed by atoms with Crippen LogP contribution in [0.5, 0.6) is 0 Å². The largest absolute Gasteiger partial charge is 0.416 e. The topological polar surface area (TPSA) is 53.2 Å². The zero-order valence-corrected chi connectivity index (χ0v) is 11.8. The molecule has 1 aromatic carbocycles. The Morgan fingerprint density at radius 3 is 1.95 bits per heavy atom. The number of anilines is 1. The van der Waals surface area contributed by atoms with E-state index in [1.54, 1.807) is 10.9 Å². The van der Waals surface area contributed by atoms with E-state index in [9.17, 15) is 31.1 Å². The Kier molecular flexibility index (Phi) is 5.76. The molecule has 0 radical (unpaired) electrons. The summed E-state index contributed by atoms with van der Waals surface area (Å²) in [7, 11) is 0. The van der Waals surface area contributed by atoms with Crippen molar-refractivity contribution >= 4 is 34.9 Å². The molecule has 0 aliphatic carbocycles. The molecule has 22 heavy (non-hydrogen) atoms. The van der Waals surface area contributed by atoms with E-state index in [1.807, 2.05) is 5.32 Å². The van der Waals surface area contributed by atoms with Crippen molar-refractivity contribution in [1.82, 2.24) is 10.9 Å². The minimum Gasteiger partial charge on any atom is -0.304 e. The maximum absolute atomic E-state index is 12.5. The Morgan fingerprint density at radius 1 is 1.05 bits per heavy atom. The van der Waals surface area contributed by atoms with Gasteiger partial charge in [0.1, 0.15) is 6.54 Å². The van der Waals surface area contributed by atoms with Crippen LogP contribution in [-0.4, -0.2) is 18.8 Å². The second kappa shape index (κ2) is 6.80. The fraction of sp³-hybridized carbons (Fsp3) is 0.300. The molecular formula is C10H7Cl2F6N3O. The van der Waals surface area contributed by atoms with Crippen LogP contribution in [0.1, 0.15) is 5.56 Å². The second-order valence-electron chi connectivity index (χ2n) is 3.86. The van der Waals surface area contributed by atoms with E-state index in [1.165, 1.54) is 0 Å². The number of rotatable bonds is 3. The highest BCUT2D eigenvalue weighted by molar-refractivity contribution is 6.39. The summed E-state index contributed by atoms with van der Waals surface area (Å²) in [6.07, 6.45) is -9.25. The monoisotopic (exact) mass is 369 g/mol. The van der Waals surface area contributed by atoms with Gasteiger partial charge in [0, 0.05) is 0 Å². The number of hydrogen-bond acceptors (Lipinski definition) is 2. The average molecular weight is 370 g/mol. The molecule has 3 N–H and O–H groups in total. The van der Waals surface area contributed by atoms with E-state index in [2.05, 4.69) is 0 Å². The third kappa shape index (κ3) is 5.78. The van der Waals surface area contributed by atoms with Crippen molar-refractivity contribution < 1.29 is 31.1 Å². The van der Waals surface area contributed by atoms with Crippen molar-refractivity contribution in [2.75, 3.05) is 11.9 Å². The number of hydrazine groups is 1. The van der Waals surface area contributed by atoms with Gasteiger partial charge in [0.15, 0.2) is 0 Å². The van der Waals surface area contributed by atoms with E-state index in [0.717, 1.165) is 0 Å². The summed E-state index contributed by atoms with van der Waals surface area (Å²) in [4.78, 5) is 11.3. The summed E-state index contributed by atoms with van der Waals surface area (Å²) >= 11 is 11.1. The summed E-state index contributed by atoms with van der Waals surface area (Å²) in [5.41, 5.74) is 1.69. The van der Waals surface area contributed by atoms with E-state index >= 15 is 0 Å². The predicted molar refractivity (Wildman–Crippen MR) is 67.7 cm³/mol. The molecule has 2 amide bonds. The standard InChI is InChI=1S/C10H7Cl2F6N3O/c11-5-1-4(10(16,17)18)2-6(12)7(5)20-8(22)21-19-3-9(13,14)15/h1-2,19H,3H2,(H2,20,21,22). The van der Waals surface area contributed by atoms with E-state index in [-0.39, 0.29) is 5.69 Å². The highest BCUT2D eigenvalue weighted by Gasteiger charge is 2.32. The molecule has 0 atom stereocenters. The zero-order chi connectivity index (χ0) is 17.1. The first-order valence-corrected chi connectivity index (χ1v) is 6.08. The molecule has 1 aromatic rings. The number of amides is 2. The summed E-state index contributed by atoms with van der Waals surface area (Å²) in [6.45, 7) is -1.51. The van der Waals surface area contributed by atoms with E-state index < -0.39 is 40.5 Å². The van der Waals surface area contributed by atoms with Crippen LogP contribution in [0.3, 0.4) is 0 Å². The van der Waals surface area contributed by atoms with Gasteiger partial charge >= 0.3 is 18.4 Å². The fourth-order valence-corrected chi connectivity index (χ4v) is 1.81. The molecular weight excluding hydrogens is 363 g/mol. The fourth-order valence-electron chi connectivity index (χ4n) is 1.23. The SMILES string of the molecule is O=C(NNCC(F)(F)F)Nc1c(Cl)cc(C(F)(F)F)cc1Cl. The Bertz CT molecular complexity index is 538. The maximum Gasteiger partial charge on any atom is 0.416 e. The van der Waals surface area contributed by atoms with Crippen LogP contribution in [0.4, 0.5) is 36.8 Å². The van der Waals surface area contributed by atoms with Gasteiger partial charge in [-0.3, -0.25) is 5.43 Å². The third-order valence-electron chi connectivity index (χ3n) is 2.10. The minimum absolute atomic E-state index is 0.373. The van der Waals surface area contributed by atoms with Gasteiger partial charge in [-0.1, -0.05) is 23.2 Å². The molecule has 0 aromatic heterocycles. The summed E-state index contributed by atoms with van der Waals surface area (Å²) in [5.74, 6) is 0. The molecule has 0 heterocycles. The molecule has 0 unspecified atom stereocenters. The van der Waals surface area contributed by atoms with Crippen molar-refractivity contribution in [3.8, 4) is 0 Å². The van der Waals surface area contributed by atoms with Gasteiger partial charge in [-0.05, 0) is 12.1 Å². The first-order chi connectivity index (χ1) is 9.90. The van der Waals surface area contributed by atoms with Gasteiger partial charge in [0.2, 0.25) is 0 Å². The van der Waals surface area contributed by atoms with Crippen LogP contribution >= 0.6 is 23.2 Å².